The van der Waals surface area contributed by atoms with Gasteiger partial charge in [-0.15, -0.1) is 0 Å². The minimum absolute atomic E-state index is 0. The Labute approximate surface area is 382 Å². The number of ketones is 1. The number of likely N-dealkylation sites (N-methyl/N-ethyl adjacent to an activating group) is 1. The van der Waals surface area contributed by atoms with Gasteiger partial charge in [0.25, 0.3) is 0 Å². The zero-order valence-corrected chi connectivity index (χ0v) is 43.1. The maximum atomic E-state index is 14.0. The summed E-state index contributed by atoms with van der Waals surface area (Å²) in [4.78, 5) is 29.6. The third-order valence-electron chi connectivity index (χ3n) is 11.2. The van der Waals surface area contributed by atoms with E-state index < -0.39 is 89.7 Å². The van der Waals surface area contributed by atoms with E-state index in [-0.39, 0.29) is 131 Å². The van der Waals surface area contributed by atoms with E-state index in [0.29, 0.717) is 6.42 Å². The van der Waals surface area contributed by atoms with Gasteiger partial charge < -0.3 is 53.7 Å². The SMILES string of the molecule is CC[C@H]1OC(=O)[C@H](C)[C@@H](O[C@H]2C[C@@](C)(OC)[C@@H](O)[C@H](C)O2)[C@H](C)[C@@H](O[C@@H]2O[C@H](C)C[C@H](N(C)C)[C@H]2O)[C@](C)(O)C[C@@H](C)C(=O)/C(C)=C/[C@]1(C)O.[Ac].[Ac]. The average Bonchev–Trinajstić information content (AvgIpc) is 3.02. The van der Waals surface area contributed by atoms with Gasteiger partial charge in [0.2, 0.25) is 0 Å². The van der Waals surface area contributed by atoms with Gasteiger partial charge in [0.1, 0.15) is 23.9 Å². The molecule has 0 unspecified atom stereocenters. The van der Waals surface area contributed by atoms with Crippen molar-refractivity contribution in [1.29, 1.82) is 0 Å². The molecule has 2 fully saturated rings. The maximum Gasteiger partial charge on any atom is 0.311 e. The number of hydrogen-bond donors (Lipinski definition) is 4. The molecule has 0 aromatic carbocycles. The van der Waals surface area contributed by atoms with E-state index >= 15 is 0 Å². The number of carbonyl (C=O) groups is 2. The van der Waals surface area contributed by atoms with Gasteiger partial charge in [0, 0.05) is 120 Å². The number of carbonyl (C=O) groups excluding carboxylic acids is 2. The number of ether oxygens (including phenoxy) is 6. The van der Waals surface area contributed by atoms with Gasteiger partial charge in [-0.3, -0.25) is 9.59 Å². The van der Waals surface area contributed by atoms with Crippen molar-refractivity contribution in [1.82, 2.24) is 4.90 Å². The second kappa shape index (κ2) is 20.9. The molecule has 0 spiro atoms. The Kier molecular flexibility index (Phi) is 20.6. The summed E-state index contributed by atoms with van der Waals surface area (Å²) in [5.74, 6) is -3.48. The molecule has 16 atom stereocenters. The number of esters is 1. The minimum Gasteiger partial charge on any atom is -0.459 e. The van der Waals surface area contributed by atoms with Crippen LogP contribution in [0.2, 0.25) is 0 Å². The third-order valence-corrected chi connectivity index (χ3v) is 11.2. The quantitative estimate of drug-likeness (QED) is 0.275. The molecule has 0 amide bonds. The molecule has 2 radical (unpaired) electrons. The van der Waals surface area contributed by atoms with Crippen molar-refractivity contribution in [2.24, 2.45) is 17.8 Å². The first kappa shape index (κ1) is 51.4. The summed E-state index contributed by atoms with van der Waals surface area (Å²) in [6, 6.07) is -0.300. The normalized spacial score (nSPS) is 46.6. The van der Waals surface area contributed by atoms with Crippen LogP contribution in [0.15, 0.2) is 11.6 Å². The number of methoxy groups -OCH3 is 1. The van der Waals surface area contributed by atoms with Crippen LogP contribution in [-0.2, 0) is 38.0 Å². The van der Waals surface area contributed by atoms with Crippen LogP contribution in [0.1, 0.15) is 94.9 Å². The summed E-state index contributed by atoms with van der Waals surface area (Å²) in [6.45, 7) is 16.9. The molecule has 52 heavy (non-hydrogen) atoms. The summed E-state index contributed by atoms with van der Waals surface area (Å²) in [5, 5.41) is 46.1. The summed E-state index contributed by atoms with van der Waals surface area (Å²) in [5.41, 5.74) is -4.16. The first-order valence-corrected chi connectivity index (χ1v) is 18.1. The Bertz CT molecular complexity index is 1200. The summed E-state index contributed by atoms with van der Waals surface area (Å²) >= 11 is 0. The Morgan fingerprint density at radius 3 is 2.10 bits per heavy atom. The van der Waals surface area contributed by atoms with Crippen LogP contribution in [0, 0.1) is 106 Å². The van der Waals surface area contributed by atoms with Gasteiger partial charge in [0.15, 0.2) is 18.4 Å². The smallest absolute Gasteiger partial charge is 0.311 e. The van der Waals surface area contributed by atoms with Crippen molar-refractivity contribution < 1.29 is 147 Å². The minimum atomic E-state index is -1.73. The summed E-state index contributed by atoms with van der Waals surface area (Å²) in [7, 11) is 5.22. The number of allylic oxidation sites excluding steroid dienone is 1. The molecule has 0 aromatic rings. The van der Waals surface area contributed by atoms with Gasteiger partial charge in [0.05, 0.1) is 41.5 Å². The fraction of sp³-hybridized carbons (Fsp3) is 0.892. The van der Waals surface area contributed by atoms with Gasteiger partial charge in [-0.05, 0) is 93.5 Å². The van der Waals surface area contributed by atoms with Crippen molar-refractivity contribution in [3.63, 3.8) is 0 Å². The summed E-state index contributed by atoms with van der Waals surface area (Å²) in [6.07, 6.45) is -5.98. The third kappa shape index (κ3) is 12.2. The van der Waals surface area contributed by atoms with Crippen molar-refractivity contribution in [2.45, 2.75) is 173 Å². The molecule has 0 saturated carbocycles. The van der Waals surface area contributed by atoms with Crippen LogP contribution in [-0.4, -0.2) is 136 Å². The molecule has 3 aliphatic heterocycles. The molecule has 0 aliphatic carbocycles. The second-order valence-corrected chi connectivity index (χ2v) is 16.0. The van der Waals surface area contributed by atoms with Crippen molar-refractivity contribution in [3.05, 3.63) is 11.6 Å². The fourth-order valence-corrected chi connectivity index (χ4v) is 8.09. The second-order valence-electron chi connectivity index (χ2n) is 16.0. The molecular formula is C37H65Ac2NO12. The average molecular weight is 1170 g/mol. The zero-order valence-electron chi connectivity index (χ0n) is 33.6. The molecule has 2 saturated heterocycles. The Balaban J connectivity index is 0.00000676. The fourth-order valence-electron chi connectivity index (χ4n) is 8.09. The molecule has 3 aliphatic rings. The first-order valence-electron chi connectivity index (χ1n) is 18.1. The van der Waals surface area contributed by atoms with Crippen molar-refractivity contribution in [2.75, 3.05) is 21.2 Å². The largest absolute Gasteiger partial charge is 0.459 e. The zero-order chi connectivity index (χ0) is 38.1. The number of cyclic esters (lactones) is 1. The molecule has 296 valence electrons. The molecule has 15 heteroatoms. The van der Waals surface area contributed by atoms with E-state index in [4.69, 9.17) is 28.4 Å². The monoisotopic (exact) mass is 1170 g/mol. The number of aliphatic hydroxyl groups is 4. The van der Waals surface area contributed by atoms with Crippen LogP contribution < -0.4 is 0 Å². The van der Waals surface area contributed by atoms with Gasteiger partial charge in [-0.2, -0.15) is 0 Å². The topological polar surface area (TPSA) is 174 Å². The number of nitrogens with zero attached hydrogens (tertiary/aromatic N) is 1. The van der Waals surface area contributed by atoms with Crippen LogP contribution >= 0.6 is 0 Å². The Morgan fingerprint density at radius 2 is 1.56 bits per heavy atom. The molecular weight excluding hydrogens is 1100 g/mol. The predicted octanol–water partition coefficient (Wildman–Crippen LogP) is 2.73. The molecule has 0 bridgehead atoms. The van der Waals surface area contributed by atoms with E-state index in [0.717, 1.165) is 0 Å². The van der Waals surface area contributed by atoms with Gasteiger partial charge in [-0.1, -0.05) is 20.8 Å². The molecule has 3 heterocycles. The van der Waals surface area contributed by atoms with Crippen LogP contribution in [0.4, 0.5) is 0 Å². The van der Waals surface area contributed by atoms with Crippen LogP contribution in [0.5, 0.6) is 0 Å². The van der Waals surface area contributed by atoms with Crippen molar-refractivity contribution >= 4 is 11.8 Å². The van der Waals surface area contributed by atoms with Crippen LogP contribution in [0.25, 0.3) is 0 Å². The number of Topliss-reactive ketones (excluding diaryl/α,β-unsaturated/α-hetero) is 1. The number of rotatable bonds is 7. The van der Waals surface area contributed by atoms with Gasteiger partial charge in [-0.25, -0.2) is 0 Å². The van der Waals surface area contributed by atoms with E-state index in [1.165, 1.54) is 20.1 Å². The van der Waals surface area contributed by atoms with E-state index in [2.05, 4.69) is 0 Å². The Hall–Kier alpha value is 1.36. The molecule has 4 N–H and O–H groups in total. The summed E-state index contributed by atoms with van der Waals surface area (Å²) < 4.78 is 37.2. The Morgan fingerprint density at radius 1 is 0.962 bits per heavy atom. The first-order chi connectivity index (χ1) is 23.0. The van der Waals surface area contributed by atoms with E-state index in [1.54, 1.807) is 55.4 Å². The predicted molar refractivity (Wildman–Crippen MR) is 185 cm³/mol. The van der Waals surface area contributed by atoms with E-state index in [1.807, 2.05) is 25.9 Å². The van der Waals surface area contributed by atoms with E-state index in [9.17, 15) is 30.0 Å². The number of hydrogen-bond acceptors (Lipinski definition) is 13. The molecule has 0 aromatic heterocycles. The molecule has 3 rings (SSSR count). The van der Waals surface area contributed by atoms with Crippen molar-refractivity contribution in [3.8, 4) is 0 Å². The molecule has 13 nitrogen and oxygen atoms in total. The van der Waals surface area contributed by atoms with Crippen LogP contribution in [0.3, 0.4) is 0 Å². The maximum absolute atomic E-state index is 14.0. The standard InChI is InChI=1S/C37H65NO12.2Ac/c1-14-26-35(8,43)16-19(2)28(39)20(3)17-36(9,44)32(50-34-29(40)25(38(11)12)15-21(4)46-34)22(5)30(23(6)33(42)48-26)49-27-18-37(10,45-13)31(41)24(7)47-27;;/h16,20-27,29-32,34,40-41,43-44H,14-15,17-18H2,1-13H3;;/b19-16+;;/t20-,21-,22+,23-,24+,25+,26-,27+,29-,30+,31+,32-,34+,35+,36-,37-;;/m1../s1. The number of aliphatic hydroxyl groups excluding tert-OH is 2. The van der Waals surface area contributed by atoms with Gasteiger partial charge >= 0.3 is 5.97 Å².